The topological polar surface area (TPSA) is 97.1 Å². The molecule has 6 nitrogen and oxygen atoms in total. The number of fused-ring (bicyclic) bond motifs is 1. The first kappa shape index (κ1) is 17.9. The molecule has 0 saturated carbocycles. The first-order valence-corrected chi connectivity index (χ1v) is 9.10. The summed E-state index contributed by atoms with van der Waals surface area (Å²) in [7, 11) is 0. The number of nitrogens with one attached hydrogen (secondary N) is 2. The second-order valence-corrected chi connectivity index (χ2v) is 7.39. The molecule has 0 atom stereocenters. The van der Waals surface area contributed by atoms with E-state index < -0.39 is 5.91 Å². The molecule has 0 radical (unpaired) electrons. The molecule has 134 valence electrons. The number of thiazole rings is 1. The minimum Gasteiger partial charge on any atom is -0.364 e. The molecule has 2 aromatic carbocycles. The van der Waals surface area contributed by atoms with Crippen LogP contribution in [0.15, 0.2) is 42.5 Å². The molecule has 0 aliphatic heterocycles. The Bertz CT molecular complexity index is 965. The van der Waals surface area contributed by atoms with Crippen LogP contribution in [0.5, 0.6) is 0 Å². The molecular weight excluding hydrogens is 348 g/mol. The predicted molar refractivity (Wildman–Crippen MR) is 106 cm³/mol. The van der Waals surface area contributed by atoms with Crippen LogP contribution in [-0.2, 0) is 4.79 Å². The zero-order valence-electron chi connectivity index (χ0n) is 14.6. The Labute approximate surface area is 155 Å². The van der Waals surface area contributed by atoms with Crippen molar-refractivity contribution in [1.29, 1.82) is 0 Å². The minimum atomic E-state index is -0.673. The third kappa shape index (κ3) is 4.18. The predicted octanol–water partition coefficient (Wildman–Crippen LogP) is 4.12. The van der Waals surface area contributed by atoms with Crippen LogP contribution in [0.2, 0.25) is 0 Å². The maximum atomic E-state index is 12.0. The fraction of sp³-hybridized carbons (Fsp3) is 0.211. The molecule has 0 spiro atoms. The summed E-state index contributed by atoms with van der Waals surface area (Å²) < 4.78 is 0. The second-order valence-electron chi connectivity index (χ2n) is 6.39. The van der Waals surface area contributed by atoms with Crippen molar-refractivity contribution in [2.45, 2.75) is 20.3 Å². The van der Waals surface area contributed by atoms with Crippen LogP contribution in [0.25, 0.3) is 10.8 Å². The highest BCUT2D eigenvalue weighted by molar-refractivity contribution is 7.20. The number of primary amides is 1. The number of rotatable bonds is 6. The molecule has 0 bridgehead atoms. The molecule has 1 aromatic heterocycles. The van der Waals surface area contributed by atoms with Crippen LogP contribution in [0.4, 0.5) is 15.8 Å². The molecule has 3 rings (SSSR count). The van der Waals surface area contributed by atoms with Gasteiger partial charge in [-0.15, -0.1) is 0 Å². The fourth-order valence-corrected chi connectivity index (χ4v) is 3.47. The molecule has 0 unspecified atom stereocenters. The Morgan fingerprint density at radius 2 is 1.88 bits per heavy atom. The molecule has 0 saturated heterocycles. The monoisotopic (exact) mass is 368 g/mol. The first-order valence-electron chi connectivity index (χ1n) is 8.28. The fourth-order valence-electron chi connectivity index (χ4n) is 2.56. The van der Waals surface area contributed by atoms with Crippen LogP contribution in [-0.4, -0.2) is 16.8 Å². The van der Waals surface area contributed by atoms with Gasteiger partial charge in [-0.2, -0.15) is 0 Å². The number of carbonyl (C=O) groups is 2. The van der Waals surface area contributed by atoms with Gasteiger partial charge in [0.1, 0.15) is 5.00 Å². The second kappa shape index (κ2) is 7.53. The van der Waals surface area contributed by atoms with E-state index in [-0.39, 0.29) is 17.5 Å². The van der Waals surface area contributed by atoms with E-state index in [1.54, 1.807) is 0 Å². The van der Waals surface area contributed by atoms with Crippen LogP contribution < -0.4 is 16.4 Å². The van der Waals surface area contributed by atoms with E-state index in [0.717, 1.165) is 16.5 Å². The van der Waals surface area contributed by atoms with Crippen molar-refractivity contribution in [3.05, 3.63) is 48.2 Å². The molecular formula is C19H20N4O2S. The highest BCUT2D eigenvalue weighted by Crippen LogP contribution is 2.31. The van der Waals surface area contributed by atoms with Gasteiger partial charge in [-0.25, -0.2) is 4.98 Å². The Balaban J connectivity index is 1.84. The average molecular weight is 368 g/mol. The zero-order valence-corrected chi connectivity index (χ0v) is 15.4. The highest BCUT2D eigenvalue weighted by Gasteiger charge is 2.18. The zero-order chi connectivity index (χ0) is 18.7. The molecule has 1 heterocycles. The van der Waals surface area contributed by atoms with Crippen molar-refractivity contribution >= 4 is 49.7 Å². The normalized spacial score (nSPS) is 10.9. The van der Waals surface area contributed by atoms with E-state index in [1.165, 1.54) is 11.3 Å². The van der Waals surface area contributed by atoms with Gasteiger partial charge < -0.3 is 16.4 Å². The lowest BCUT2D eigenvalue weighted by Crippen LogP contribution is -2.18. The quantitative estimate of drug-likeness (QED) is 0.609. The van der Waals surface area contributed by atoms with Crippen molar-refractivity contribution in [2.75, 3.05) is 10.6 Å². The number of nitrogens with zero attached hydrogens (tertiary/aromatic N) is 1. The summed E-state index contributed by atoms with van der Waals surface area (Å²) in [4.78, 5) is 27.9. The van der Waals surface area contributed by atoms with E-state index in [4.69, 9.17) is 5.73 Å². The largest absolute Gasteiger partial charge is 0.364 e. The lowest BCUT2D eigenvalue weighted by Gasteiger charge is -2.05. The summed E-state index contributed by atoms with van der Waals surface area (Å²) in [6.45, 7) is 3.90. The van der Waals surface area contributed by atoms with Crippen molar-refractivity contribution in [3.8, 4) is 0 Å². The van der Waals surface area contributed by atoms with Crippen LogP contribution in [0.3, 0.4) is 0 Å². The van der Waals surface area contributed by atoms with Crippen LogP contribution >= 0.6 is 11.3 Å². The minimum absolute atomic E-state index is 0.0652. The van der Waals surface area contributed by atoms with Gasteiger partial charge in [-0.1, -0.05) is 55.5 Å². The number of anilines is 3. The molecule has 7 heteroatoms. The number of hydrogen-bond donors (Lipinski definition) is 3. The van der Waals surface area contributed by atoms with Gasteiger partial charge in [-0.3, -0.25) is 9.59 Å². The lowest BCUT2D eigenvalue weighted by atomic mass is 10.1. The van der Waals surface area contributed by atoms with Crippen molar-refractivity contribution in [3.63, 3.8) is 0 Å². The summed E-state index contributed by atoms with van der Waals surface area (Å²) in [6.07, 6.45) is 0.365. The molecule has 0 aliphatic rings. The van der Waals surface area contributed by atoms with Crippen LogP contribution in [0.1, 0.15) is 30.8 Å². The Morgan fingerprint density at radius 1 is 1.15 bits per heavy atom. The van der Waals surface area contributed by atoms with Gasteiger partial charge in [0.25, 0.3) is 5.91 Å². The van der Waals surface area contributed by atoms with Gasteiger partial charge >= 0.3 is 0 Å². The van der Waals surface area contributed by atoms with E-state index >= 15 is 0 Å². The van der Waals surface area contributed by atoms with E-state index in [0.29, 0.717) is 16.6 Å². The first-order chi connectivity index (χ1) is 12.4. The van der Waals surface area contributed by atoms with Crippen molar-refractivity contribution in [1.82, 2.24) is 4.98 Å². The summed E-state index contributed by atoms with van der Waals surface area (Å²) >= 11 is 1.19. The Hall–Kier alpha value is -2.93. The number of carbonyl (C=O) groups excluding carboxylic acids is 2. The summed E-state index contributed by atoms with van der Waals surface area (Å²) in [5.74, 6) is -0.619. The third-order valence-electron chi connectivity index (χ3n) is 3.71. The highest BCUT2D eigenvalue weighted by atomic mass is 32.1. The number of nitrogens with two attached hydrogens (primary N) is 1. The Morgan fingerprint density at radius 3 is 2.58 bits per heavy atom. The summed E-state index contributed by atoms with van der Waals surface area (Å²) in [5.41, 5.74) is 6.31. The van der Waals surface area contributed by atoms with Gasteiger partial charge in [0.05, 0.1) is 0 Å². The SMILES string of the molecule is CC(C)CC(=O)Nc1sc(Nc2ccc3ccccc3c2)nc1C(N)=O. The standard InChI is InChI=1S/C19H20N4O2S/c1-11(2)9-15(24)22-18-16(17(20)25)23-19(26-18)21-14-8-7-12-5-3-4-6-13(12)10-14/h3-8,10-11H,9H2,1-2H3,(H2,20,25)(H,21,23)(H,22,24). The molecule has 0 aliphatic carbocycles. The summed E-state index contributed by atoms with van der Waals surface area (Å²) in [6, 6.07) is 14.0. The van der Waals surface area contributed by atoms with Gasteiger partial charge in [0, 0.05) is 12.1 Å². The molecule has 26 heavy (non-hydrogen) atoms. The smallest absolute Gasteiger partial charge is 0.270 e. The maximum Gasteiger partial charge on any atom is 0.270 e. The van der Waals surface area contributed by atoms with Crippen molar-refractivity contribution in [2.24, 2.45) is 11.7 Å². The van der Waals surface area contributed by atoms with Crippen molar-refractivity contribution < 1.29 is 9.59 Å². The number of aromatic nitrogens is 1. The molecule has 4 N–H and O–H groups in total. The van der Waals surface area contributed by atoms with E-state index in [9.17, 15) is 9.59 Å². The lowest BCUT2D eigenvalue weighted by molar-refractivity contribution is -0.116. The van der Waals surface area contributed by atoms with Gasteiger partial charge in [-0.05, 0) is 28.8 Å². The summed E-state index contributed by atoms with van der Waals surface area (Å²) in [5, 5.41) is 9.00. The van der Waals surface area contributed by atoms with E-state index in [2.05, 4.69) is 15.6 Å². The van der Waals surface area contributed by atoms with Gasteiger partial charge in [0.2, 0.25) is 5.91 Å². The average Bonchev–Trinajstić information content (AvgIpc) is 2.96. The number of hydrogen-bond acceptors (Lipinski definition) is 5. The number of amides is 2. The maximum absolute atomic E-state index is 12.0. The third-order valence-corrected chi connectivity index (χ3v) is 4.59. The molecule has 0 fully saturated rings. The number of benzene rings is 2. The van der Waals surface area contributed by atoms with Gasteiger partial charge in [0.15, 0.2) is 10.8 Å². The molecule has 2 amide bonds. The molecule has 3 aromatic rings. The van der Waals surface area contributed by atoms with Crippen LogP contribution in [0, 0.1) is 5.92 Å². The Kier molecular flexibility index (Phi) is 5.18. The van der Waals surface area contributed by atoms with E-state index in [1.807, 2.05) is 56.3 Å².